The van der Waals surface area contributed by atoms with Gasteiger partial charge in [-0.25, -0.2) is 0 Å². The third kappa shape index (κ3) is 2.56. The van der Waals surface area contributed by atoms with Crippen molar-refractivity contribution in [3.63, 3.8) is 0 Å². The van der Waals surface area contributed by atoms with Gasteiger partial charge in [-0.05, 0) is 0 Å². The normalized spacial score (nSPS) is 28.3. The fourth-order valence-corrected chi connectivity index (χ4v) is 1.98. The SMILES string of the molecule is COCC1CNCCS1. The first-order chi connectivity index (χ1) is 4.43. The van der Waals surface area contributed by atoms with E-state index in [1.165, 1.54) is 5.75 Å². The number of thioether (sulfide) groups is 1. The van der Waals surface area contributed by atoms with Crippen LogP contribution in [0.15, 0.2) is 0 Å². The summed E-state index contributed by atoms with van der Waals surface area (Å²) in [5, 5.41) is 4.00. The van der Waals surface area contributed by atoms with Crippen LogP contribution in [0.2, 0.25) is 0 Å². The third-order valence-electron chi connectivity index (χ3n) is 1.36. The minimum atomic E-state index is 0.684. The summed E-state index contributed by atoms with van der Waals surface area (Å²) in [5.74, 6) is 1.23. The summed E-state index contributed by atoms with van der Waals surface area (Å²) in [6, 6.07) is 0. The molecule has 3 heteroatoms. The van der Waals surface area contributed by atoms with Crippen LogP contribution in [0.1, 0.15) is 0 Å². The van der Waals surface area contributed by atoms with Crippen molar-refractivity contribution < 1.29 is 4.74 Å². The molecule has 1 heterocycles. The number of hydrogen-bond donors (Lipinski definition) is 1. The lowest BCUT2D eigenvalue weighted by Gasteiger charge is -2.20. The molecule has 1 aliphatic heterocycles. The predicted octanol–water partition coefficient (Wildman–Crippen LogP) is 0.338. The standard InChI is InChI=1S/C6H13NOS/c1-8-5-6-4-7-2-3-9-6/h6-7H,2-5H2,1H3. The average molecular weight is 147 g/mol. The zero-order valence-corrected chi connectivity index (χ0v) is 6.54. The van der Waals surface area contributed by atoms with E-state index in [2.05, 4.69) is 5.32 Å². The van der Waals surface area contributed by atoms with Gasteiger partial charge in [0.25, 0.3) is 0 Å². The van der Waals surface area contributed by atoms with Crippen molar-refractivity contribution in [1.29, 1.82) is 0 Å². The second-order valence-electron chi connectivity index (χ2n) is 2.15. The Hall–Kier alpha value is 0.270. The van der Waals surface area contributed by atoms with E-state index in [9.17, 15) is 0 Å². The summed E-state index contributed by atoms with van der Waals surface area (Å²) in [5.41, 5.74) is 0. The first-order valence-electron chi connectivity index (χ1n) is 3.24. The third-order valence-corrected chi connectivity index (χ3v) is 2.57. The topological polar surface area (TPSA) is 21.3 Å². The summed E-state index contributed by atoms with van der Waals surface area (Å²) in [4.78, 5) is 0. The van der Waals surface area contributed by atoms with Gasteiger partial charge in [0, 0.05) is 31.2 Å². The van der Waals surface area contributed by atoms with Gasteiger partial charge in [0.15, 0.2) is 0 Å². The van der Waals surface area contributed by atoms with Crippen LogP contribution >= 0.6 is 11.8 Å². The number of rotatable bonds is 2. The van der Waals surface area contributed by atoms with Crippen molar-refractivity contribution in [1.82, 2.24) is 5.32 Å². The maximum Gasteiger partial charge on any atom is 0.0593 e. The minimum Gasteiger partial charge on any atom is -0.383 e. The molecule has 54 valence electrons. The second kappa shape index (κ2) is 4.14. The van der Waals surface area contributed by atoms with Crippen LogP contribution in [0.3, 0.4) is 0 Å². The van der Waals surface area contributed by atoms with Crippen LogP contribution in [0.4, 0.5) is 0 Å². The molecule has 2 nitrogen and oxygen atoms in total. The van der Waals surface area contributed by atoms with Crippen molar-refractivity contribution in [3.05, 3.63) is 0 Å². The van der Waals surface area contributed by atoms with Crippen LogP contribution in [-0.4, -0.2) is 37.8 Å². The molecule has 0 aromatic carbocycles. The van der Waals surface area contributed by atoms with Gasteiger partial charge in [0.2, 0.25) is 0 Å². The quantitative estimate of drug-likeness (QED) is 0.608. The number of hydrogen-bond acceptors (Lipinski definition) is 3. The predicted molar refractivity (Wildman–Crippen MR) is 41.0 cm³/mol. The maximum absolute atomic E-state index is 5.02. The molecule has 0 aromatic rings. The van der Waals surface area contributed by atoms with Gasteiger partial charge in [-0.2, -0.15) is 11.8 Å². The van der Waals surface area contributed by atoms with Gasteiger partial charge in [-0.1, -0.05) is 0 Å². The van der Waals surface area contributed by atoms with Crippen LogP contribution in [0, 0.1) is 0 Å². The van der Waals surface area contributed by atoms with E-state index in [1.807, 2.05) is 11.8 Å². The Bertz CT molecular complexity index is 70.7. The summed E-state index contributed by atoms with van der Waals surface area (Å²) in [6.07, 6.45) is 0. The van der Waals surface area contributed by atoms with Crippen LogP contribution in [-0.2, 0) is 4.74 Å². The van der Waals surface area contributed by atoms with Crippen molar-refractivity contribution in [3.8, 4) is 0 Å². The van der Waals surface area contributed by atoms with E-state index < -0.39 is 0 Å². The van der Waals surface area contributed by atoms with Crippen LogP contribution in [0.25, 0.3) is 0 Å². The van der Waals surface area contributed by atoms with Crippen molar-refractivity contribution in [2.45, 2.75) is 5.25 Å². The molecule has 0 amide bonds. The average Bonchev–Trinajstić information content (AvgIpc) is 1.91. The van der Waals surface area contributed by atoms with Crippen molar-refractivity contribution in [2.24, 2.45) is 0 Å². The summed E-state index contributed by atoms with van der Waals surface area (Å²) < 4.78 is 5.02. The summed E-state index contributed by atoms with van der Waals surface area (Å²) in [6.45, 7) is 3.15. The van der Waals surface area contributed by atoms with Crippen LogP contribution < -0.4 is 5.32 Å². The molecule has 1 rings (SSSR count). The molecule has 1 N–H and O–H groups in total. The zero-order valence-electron chi connectivity index (χ0n) is 5.72. The lowest BCUT2D eigenvalue weighted by atomic mass is 10.4. The van der Waals surface area contributed by atoms with Crippen molar-refractivity contribution in [2.75, 3.05) is 32.6 Å². The molecule has 0 aromatic heterocycles. The Morgan fingerprint density at radius 1 is 1.78 bits per heavy atom. The van der Waals surface area contributed by atoms with E-state index in [0.717, 1.165) is 19.7 Å². The molecule has 9 heavy (non-hydrogen) atoms. The highest BCUT2D eigenvalue weighted by Crippen LogP contribution is 2.12. The van der Waals surface area contributed by atoms with Gasteiger partial charge in [-0.3, -0.25) is 0 Å². The van der Waals surface area contributed by atoms with Gasteiger partial charge >= 0.3 is 0 Å². The summed E-state index contributed by atoms with van der Waals surface area (Å²) >= 11 is 2.00. The van der Waals surface area contributed by atoms with Gasteiger partial charge in [0.1, 0.15) is 0 Å². The maximum atomic E-state index is 5.02. The lowest BCUT2D eigenvalue weighted by molar-refractivity contribution is 0.198. The summed E-state index contributed by atoms with van der Waals surface area (Å²) in [7, 11) is 1.76. The zero-order chi connectivity index (χ0) is 6.53. The second-order valence-corrected chi connectivity index (χ2v) is 3.56. The minimum absolute atomic E-state index is 0.684. The lowest BCUT2D eigenvalue weighted by Crippen LogP contribution is -2.35. The van der Waals surface area contributed by atoms with E-state index >= 15 is 0 Å². The molecule has 0 spiro atoms. The molecule has 0 aliphatic carbocycles. The Labute approximate surface area is 60.3 Å². The molecule has 1 fully saturated rings. The molecule has 1 unspecified atom stereocenters. The van der Waals surface area contributed by atoms with Gasteiger partial charge < -0.3 is 10.1 Å². The van der Waals surface area contributed by atoms with E-state index in [0.29, 0.717) is 5.25 Å². The number of ether oxygens (including phenoxy) is 1. The Morgan fingerprint density at radius 3 is 3.22 bits per heavy atom. The fraction of sp³-hybridized carbons (Fsp3) is 1.00. The molecule has 1 atom stereocenters. The smallest absolute Gasteiger partial charge is 0.0593 e. The molecule has 0 saturated carbocycles. The first kappa shape index (κ1) is 7.38. The number of methoxy groups -OCH3 is 1. The van der Waals surface area contributed by atoms with Gasteiger partial charge in [-0.15, -0.1) is 0 Å². The molecule has 0 bridgehead atoms. The Balaban J connectivity index is 2.08. The molecule has 1 aliphatic rings. The monoisotopic (exact) mass is 147 g/mol. The highest BCUT2D eigenvalue weighted by Gasteiger charge is 2.11. The van der Waals surface area contributed by atoms with Crippen LogP contribution in [0.5, 0.6) is 0 Å². The highest BCUT2D eigenvalue weighted by molar-refractivity contribution is 8.00. The van der Waals surface area contributed by atoms with Gasteiger partial charge in [0.05, 0.1) is 6.61 Å². The highest BCUT2D eigenvalue weighted by atomic mass is 32.2. The Morgan fingerprint density at radius 2 is 2.67 bits per heavy atom. The Kier molecular flexibility index (Phi) is 3.40. The molecule has 1 saturated heterocycles. The van der Waals surface area contributed by atoms with Crippen molar-refractivity contribution >= 4 is 11.8 Å². The van der Waals surface area contributed by atoms with E-state index in [4.69, 9.17) is 4.74 Å². The molecular formula is C6H13NOS. The first-order valence-corrected chi connectivity index (χ1v) is 4.29. The molecular weight excluding hydrogens is 134 g/mol. The number of nitrogens with one attached hydrogen (secondary N) is 1. The molecule has 0 radical (unpaired) electrons. The van der Waals surface area contributed by atoms with E-state index in [1.54, 1.807) is 7.11 Å². The van der Waals surface area contributed by atoms with E-state index in [-0.39, 0.29) is 0 Å². The fourth-order valence-electron chi connectivity index (χ4n) is 0.913. The largest absolute Gasteiger partial charge is 0.383 e.